The van der Waals surface area contributed by atoms with Gasteiger partial charge in [0, 0.05) is 29.3 Å². The molecule has 0 unspecified atom stereocenters. The molecule has 0 aromatic heterocycles. The summed E-state index contributed by atoms with van der Waals surface area (Å²) in [6.45, 7) is 3.81. The highest BCUT2D eigenvalue weighted by molar-refractivity contribution is 6.33. The molecule has 3 aromatic rings. The third-order valence-electron chi connectivity index (χ3n) is 5.26. The Bertz CT molecular complexity index is 1090. The van der Waals surface area contributed by atoms with Crippen LogP contribution in [0.15, 0.2) is 83.5 Å². The van der Waals surface area contributed by atoms with Crippen molar-refractivity contribution in [3.05, 3.63) is 94.5 Å². The number of para-hydroxylation sites is 1. The number of fused-ring (bicyclic) bond motifs is 1. The number of hydrazone groups is 1. The number of nitrogens with zero attached hydrogens (tertiary/aromatic N) is 2. The zero-order valence-corrected chi connectivity index (χ0v) is 16.8. The molecule has 1 aliphatic carbocycles. The van der Waals surface area contributed by atoms with Crippen LogP contribution in [-0.4, -0.2) is 13.0 Å². The Hall–Kier alpha value is -3.17. The van der Waals surface area contributed by atoms with Crippen molar-refractivity contribution < 1.29 is 4.79 Å². The van der Waals surface area contributed by atoms with Crippen molar-refractivity contribution in [2.75, 3.05) is 5.01 Å². The third kappa shape index (κ3) is 3.74. The summed E-state index contributed by atoms with van der Waals surface area (Å²) in [5, 5.41) is 6.87. The highest BCUT2D eigenvalue weighted by Crippen LogP contribution is 2.40. The van der Waals surface area contributed by atoms with Crippen LogP contribution in [0.25, 0.3) is 16.8 Å². The number of allylic oxidation sites excluding steroid dienone is 1. The Morgan fingerprint density at radius 3 is 2.45 bits per heavy atom. The van der Waals surface area contributed by atoms with Crippen molar-refractivity contribution in [2.45, 2.75) is 19.3 Å². The van der Waals surface area contributed by atoms with Gasteiger partial charge in [0.05, 0.1) is 11.4 Å². The average molecular weight is 401 g/mol. The van der Waals surface area contributed by atoms with E-state index in [1.54, 1.807) is 0 Å². The van der Waals surface area contributed by atoms with Crippen molar-refractivity contribution >= 4 is 36.0 Å². The fourth-order valence-corrected chi connectivity index (χ4v) is 4.13. The minimum absolute atomic E-state index is 0.379. The molecule has 0 atom stereocenters. The molecule has 0 radical (unpaired) electrons. The lowest BCUT2D eigenvalue weighted by molar-refractivity contribution is -0.107. The smallest absolute Gasteiger partial charge is 0.124 e. The fraction of sp³-hybridized carbons (Fsp3) is 0.120. The molecule has 4 rings (SSSR count). The molecule has 0 N–H and O–H groups in total. The summed E-state index contributed by atoms with van der Waals surface area (Å²) in [6, 6.07) is 24.1. The molecular weight excluding hydrogens is 380 g/mol. The molecular formula is C25H21ClN2O. The standard InChI is InChI=1S/C25H21ClN2O/c1-27-28(21-7-3-2-4-8-21)25-19(15-16-29)13-11-18-12-14-20(17-23(18)25)22-9-5-6-10-24(22)26/h2-10,12,14,16-17H,1,11,13,15H2. The van der Waals surface area contributed by atoms with Crippen molar-refractivity contribution in [2.24, 2.45) is 5.10 Å². The van der Waals surface area contributed by atoms with E-state index < -0.39 is 0 Å². The Balaban J connectivity index is 1.91. The molecule has 0 bridgehead atoms. The van der Waals surface area contributed by atoms with Crippen LogP contribution < -0.4 is 5.01 Å². The van der Waals surface area contributed by atoms with Crippen LogP contribution in [0.1, 0.15) is 24.0 Å². The van der Waals surface area contributed by atoms with Gasteiger partial charge in [-0.05, 0) is 53.8 Å². The SMILES string of the molecule is C=NN(C1=C(CC=O)CCc2ccc(-c3ccccc3Cl)cc21)c1ccccc1. The van der Waals surface area contributed by atoms with Crippen LogP contribution in [0.4, 0.5) is 5.69 Å². The molecule has 29 heavy (non-hydrogen) atoms. The second kappa shape index (κ2) is 8.46. The molecule has 3 nitrogen and oxygen atoms in total. The summed E-state index contributed by atoms with van der Waals surface area (Å²) >= 11 is 6.45. The predicted octanol–water partition coefficient (Wildman–Crippen LogP) is 6.38. The van der Waals surface area contributed by atoms with Crippen LogP contribution in [0, 0.1) is 0 Å². The maximum atomic E-state index is 11.4. The Kier molecular flexibility index (Phi) is 5.59. The van der Waals surface area contributed by atoms with Crippen LogP contribution in [0.2, 0.25) is 5.02 Å². The van der Waals surface area contributed by atoms with E-state index in [1.807, 2.05) is 59.6 Å². The van der Waals surface area contributed by atoms with Gasteiger partial charge in [-0.1, -0.05) is 60.1 Å². The van der Waals surface area contributed by atoms with E-state index in [9.17, 15) is 4.79 Å². The summed E-state index contributed by atoms with van der Waals surface area (Å²) in [7, 11) is 0. The molecule has 0 spiro atoms. The lowest BCUT2D eigenvalue weighted by Gasteiger charge is -2.30. The third-order valence-corrected chi connectivity index (χ3v) is 5.59. The molecule has 0 aliphatic heterocycles. The van der Waals surface area contributed by atoms with Crippen molar-refractivity contribution in [3.63, 3.8) is 0 Å². The van der Waals surface area contributed by atoms with Gasteiger partial charge in [0.15, 0.2) is 0 Å². The first kappa shape index (κ1) is 19.2. The molecule has 0 amide bonds. The zero-order chi connectivity index (χ0) is 20.2. The van der Waals surface area contributed by atoms with Gasteiger partial charge in [-0.15, -0.1) is 0 Å². The Labute approximate surface area is 175 Å². The van der Waals surface area contributed by atoms with Gasteiger partial charge in [-0.3, -0.25) is 0 Å². The molecule has 1 aliphatic rings. The summed E-state index contributed by atoms with van der Waals surface area (Å²) < 4.78 is 0. The number of carbonyl (C=O) groups is 1. The fourth-order valence-electron chi connectivity index (χ4n) is 3.89. The van der Waals surface area contributed by atoms with E-state index in [-0.39, 0.29) is 0 Å². The number of carbonyl (C=O) groups excluding carboxylic acids is 1. The van der Waals surface area contributed by atoms with E-state index in [4.69, 9.17) is 11.6 Å². The summed E-state index contributed by atoms with van der Waals surface area (Å²) in [5.41, 5.74) is 7.25. The summed E-state index contributed by atoms with van der Waals surface area (Å²) in [6.07, 6.45) is 3.06. The van der Waals surface area contributed by atoms with Crippen LogP contribution in [0.3, 0.4) is 0 Å². The average Bonchev–Trinajstić information content (AvgIpc) is 2.76. The van der Waals surface area contributed by atoms with Crippen molar-refractivity contribution in [3.8, 4) is 11.1 Å². The van der Waals surface area contributed by atoms with E-state index in [0.29, 0.717) is 11.4 Å². The number of rotatable bonds is 6. The van der Waals surface area contributed by atoms with Gasteiger partial charge in [0.25, 0.3) is 0 Å². The van der Waals surface area contributed by atoms with Gasteiger partial charge in [-0.2, -0.15) is 5.10 Å². The maximum absolute atomic E-state index is 11.4. The van der Waals surface area contributed by atoms with Crippen molar-refractivity contribution in [1.29, 1.82) is 0 Å². The topological polar surface area (TPSA) is 32.7 Å². The van der Waals surface area contributed by atoms with Gasteiger partial charge in [0.2, 0.25) is 0 Å². The van der Waals surface area contributed by atoms with Crippen LogP contribution >= 0.6 is 11.6 Å². The molecule has 3 aromatic carbocycles. The molecule has 0 fully saturated rings. The predicted molar refractivity (Wildman–Crippen MR) is 121 cm³/mol. The quantitative estimate of drug-likeness (QED) is 0.273. The molecule has 0 saturated heterocycles. The summed E-state index contributed by atoms with van der Waals surface area (Å²) in [5.74, 6) is 0. The normalized spacial score (nSPS) is 13.0. The van der Waals surface area contributed by atoms with Gasteiger partial charge in [0.1, 0.15) is 6.29 Å². The molecule has 0 heterocycles. The lowest BCUT2D eigenvalue weighted by Crippen LogP contribution is -2.20. The minimum atomic E-state index is 0.379. The van der Waals surface area contributed by atoms with E-state index in [2.05, 4.69) is 30.0 Å². The number of hydrogen-bond acceptors (Lipinski definition) is 3. The highest BCUT2D eigenvalue weighted by atomic mass is 35.5. The number of anilines is 1. The van der Waals surface area contributed by atoms with Crippen LogP contribution in [-0.2, 0) is 11.2 Å². The van der Waals surface area contributed by atoms with Crippen molar-refractivity contribution in [1.82, 2.24) is 0 Å². The molecule has 0 saturated carbocycles. The second-order valence-corrected chi connectivity index (χ2v) is 7.37. The molecule has 4 heteroatoms. The highest BCUT2D eigenvalue weighted by Gasteiger charge is 2.25. The first-order chi connectivity index (χ1) is 14.2. The van der Waals surface area contributed by atoms with E-state index >= 15 is 0 Å². The largest absolute Gasteiger partial charge is 0.303 e. The number of aldehydes is 1. The monoisotopic (exact) mass is 400 g/mol. The number of aryl methyl sites for hydroxylation is 1. The number of benzene rings is 3. The van der Waals surface area contributed by atoms with Gasteiger partial charge >= 0.3 is 0 Å². The first-order valence-electron chi connectivity index (χ1n) is 9.58. The lowest BCUT2D eigenvalue weighted by atomic mass is 9.85. The minimum Gasteiger partial charge on any atom is -0.303 e. The van der Waals surface area contributed by atoms with Gasteiger partial charge < -0.3 is 4.79 Å². The number of halogens is 1. The van der Waals surface area contributed by atoms with Crippen LogP contribution in [0.5, 0.6) is 0 Å². The van der Waals surface area contributed by atoms with E-state index in [0.717, 1.165) is 52.8 Å². The molecule has 144 valence electrons. The summed E-state index contributed by atoms with van der Waals surface area (Å²) in [4.78, 5) is 11.4. The second-order valence-electron chi connectivity index (χ2n) is 6.96. The Morgan fingerprint density at radius 2 is 1.72 bits per heavy atom. The maximum Gasteiger partial charge on any atom is 0.124 e. The first-order valence-corrected chi connectivity index (χ1v) is 9.96. The number of hydrogen-bond donors (Lipinski definition) is 0. The zero-order valence-electron chi connectivity index (χ0n) is 16.0. The van der Waals surface area contributed by atoms with Gasteiger partial charge in [-0.25, -0.2) is 5.01 Å². The Morgan fingerprint density at radius 1 is 0.966 bits per heavy atom. The van der Waals surface area contributed by atoms with E-state index in [1.165, 1.54) is 5.56 Å².